The molecule has 1 aromatic rings. The summed E-state index contributed by atoms with van der Waals surface area (Å²) in [6.45, 7) is 3.70. The number of ketones is 1. The molecule has 0 saturated carbocycles. The maximum atomic E-state index is 13.0. The van der Waals surface area contributed by atoms with Crippen molar-refractivity contribution in [3.05, 3.63) is 41.2 Å². The third kappa shape index (κ3) is 4.54. The Hall–Kier alpha value is -2.69. The van der Waals surface area contributed by atoms with Crippen LogP contribution in [0.25, 0.3) is 0 Å². The zero-order valence-corrected chi connectivity index (χ0v) is 15.3. The van der Waals surface area contributed by atoms with E-state index in [4.69, 9.17) is 5.26 Å². The van der Waals surface area contributed by atoms with Gasteiger partial charge in [-0.15, -0.1) is 0 Å². The Morgan fingerprint density at radius 3 is 2.70 bits per heavy atom. The fourth-order valence-electron chi connectivity index (χ4n) is 3.23. The van der Waals surface area contributed by atoms with Crippen LogP contribution < -0.4 is 0 Å². The van der Waals surface area contributed by atoms with Gasteiger partial charge >= 0.3 is 6.18 Å². The zero-order chi connectivity index (χ0) is 20.4. The van der Waals surface area contributed by atoms with Gasteiger partial charge in [-0.1, -0.05) is 19.9 Å². The molecular formula is C19H20F3N3O2. The first-order valence-corrected chi connectivity index (χ1v) is 8.42. The number of allylic oxidation sites excluding steroid dienone is 2. The van der Waals surface area contributed by atoms with Crippen molar-refractivity contribution in [1.29, 1.82) is 5.26 Å². The van der Waals surface area contributed by atoms with Gasteiger partial charge in [-0.2, -0.15) is 18.4 Å². The van der Waals surface area contributed by atoms with Gasteiger partial charge in [0.1, 0.15) is 6.07 Å². The number of alkyl halides is 3. The minimum absolute atomic E-state index is 0.0943. The summed E-state index contributed by atoms with van der Waals surface area (Å²) in [5, 5.41) is 9.12. The Balaban J connectivity index is 2.12. The van der Waals surface area contributed by atoms with E-state index in [-0.39, 0.29) is 23.8 Å². The topological polar surface area (TPSA) is 74.1 Å². The average Bonchev–Trinajstić information content (AvgIpc) is 2.60. The van der Waals surface area contributed by atoms with Crippen molar-refractivity contribution in [2.75, 3.05) is 13.6 Å². The van der Waals surface area contributed by atoms with E-state index in [1.807, 2.05) is 6.07 Å². The number of halogens is 3. The lowest BCUT2D eigenvalue weighted by Crippen LogP contribution is -2.35. The van der Waals surface area contributed by atoms with Crippen molar-refractivity contribution in [3.63, 3.8) is 0 Å². The molecule has 1 heterocycles. The zero-order valence-electron chi connectivity index (χ0n) is 15.3. The van der Waals surface area contributed by atoms with E-state index in [9.17, 15) is 22.8 Å². The number of nitriles is 1. The molecule has 0 N–H and O–H groups in total. The molecule has 0 spiro atoms. The second-order valence-corrected chi connectivity index (χ2v) is 7.28. The molecular weight excluding hydrogens is 359 g/mol. The van der Waals surface area contributed by atoms with Gasteiger partial charge in [-0.25, -0.2) is 0 Å². The summed E-state index contributed by atoms with van der Waals surface area (Å²) < 4.78 is 39.1. The largest absolute Gasteiger partial charge is 0.434 e. The monoisotopic (exact) mass is 379 g/mol. The van der Waals surface area contributed by atoms with Gasteiger partial charge < -0.3 is 4.90 Å². The number of aromatic nitrogens is 1. The van der Waals surface area contributed by atoms with Crippen molar-refractivity contribution < 1.29 is 22.8 Å². The van der Waals surface area contributed by atoms with Gasteiger partial charge in [-0.3, -0.25) is 14.6 Å². The van der Waals surface area contributed by atoms with Gasteiger partial charge in [-0.05, 0) is 30.9 Å². The number of carbonyl (C=O) groups is 2. The molecule has 0 radical (unpaired) electrons. The van der Waals surface area contributed by atoms with Crippen LogP contribution in [0.15, 0.2) is 30.0 Å². The fraction of sp³-hybridized carbons (Fsp3) is 0.474. The van der Waals surface area contributed by atoms with Crippen LogP contribution >= 0.6 is 0 Å². The van der Waals surface area contributed by atoms with Crippen molar-refractivity contribution >= 4 is 11.7 Å². The first-order chi connectivity index (χ1) is 12.5. The van der Waals surface area contributed by atoms with Gasteiger partial charge in [0.15, 0.2) is 11.5 Å². The Morgan fingerprint density at radius 2 is 2.11 bits per heavy atom. The summed E-state index contributed by atoms with van der Waals surface area (Å²) in [7, 11) is 1.42. The molecule has 1 aliphatic carbocycles. The van der Waals surface area contributed by atoms with Gasteiger partial charge in [0.25, 0.3) is 5.91 Å². The van der Waals surface area contributed by atoms with E-state index in [1.54, 1.807) is 19.9 Å². The summed E-state index contributed by atoms with van der Waals surface area (Å²) >= 11 is 0. The van der Waals surface area contributed by atoms with Crippen LogP contribution in [0.2, 0.25) is 0 Å². The van der Waals surface area contributed by atoms with E-state index < -0.39 is 28.8 Å². The third-order valence-electron chi connectivity index (χ3n) is 4.64. The van der Waals surface area contributed by atoms with Crippen LogP contribution in [0.5, 0.6) is 0 Å². The summed E-state index contributed by atoms with van der Waals surface area (Å²) in [6.07, 6.45) is -1.18. The minimum Gasteiger partial charge on any atom is -0.342 e. The highest BCUT2D eigenvalue weighted by Crippen LogP contribution is 2.36. The molecule has 8 heteroatoms. The van der Waals surface area contributed by atoms with Crippen LogP contribution in [-0.2, 0) is 11.0 Å². The molecule has 0 saturated heterocycles. The maximum absolute atomic E-state index is 13.0. The number of nitrogens with zero attached hydrogens (tertiary/aromatic N) is 3. The number of carbonyl (C=O) groups excluding carboxylic acids is 2. The van der Waals surface area contributed by atoms with Gasteiger partial charge in [0.2, 0.25) is 0 Å². The summed E-state index contributed by atoms with van der Waals surface area (Å²) in [6, 6.07) is 4.28. The van der Waals surface area contributed by atoms with Gasteiger partial charge in [0.05, 0.1) is 11.1 Å². The van der Waals surface area contributed by atoms with Crippen molar-refractivity contribution in [3.8, 4) is 6.07 Å². The summed E-state index contributed by atoms with van der Waals surface area (Å²) in [4.78, 5) is 29.1. The molecule has 2 rings (SSSR count). The van der Waals surface area contributed by atoms with E-state index in [2.05, 4.69) is 4.98 Å². The lowest BCUT2D eigenvalue weighted by molar-refractivity contribution is -0.141. The fourth-order valence-corrected chi connectivity index (χ4v) is 3.23. The lowest BCUT2D eigenvalue weighted by Gasteiger charge is -2.32. The second-order valence-electron chi connectivity index (χ2n) is 7.28. The van der Waals surface area contributed by atoms with E-state index in [0.717, 1.165) is 12.3 Å². The highest BCUT2D eigenvalue weighted by atomic mass is 19.4. The number of hydrogen-bond donors (Lipinski definition) is 0. The van der Waals surface area contributed by atoms with Crippen molar-refractivity contribution in [2.24, 2.45) is 11.3 Å². The number of Topliss-reactive ketones (excluding diaryl/α,β-unsaturated/α-hetero) is 1. The molecule has 1 atom stereocenters. The highest BCUT2D eigenvalue weighted by Gasteiger charge is 2.38. The number of rotatable bonds is 4. The molecule has 1 aliphatic rings. The summed E-state index contributed by atoms with van der Waals surface area (Å²) in [5.74, 6) is -1.10. The quantitative estimate of drug-likeness (QED) is 0.801. The Bertz CT molecular complexity index is 822. The van der Waals surface area contributed by atoms with Crippen molar-refractivity contribution in [1.82, 2.24) is 9.88 Å². The molecule has 0 aromatic carbocycles. The van der Waals surface area contributed by atoms with E-state index >= 15 is 0 Å². The number of hydrogen-bond acceptors (Lipinski definition) is 4. The van der Waals surface area contributed by atoms with Crippen LogP contribution in [0.4, 0.5) is 13.2 Å². The molecule has 27 heavy (non-hydrogen) atoms. The highest BCUT2D eigenvalue weighted by molar-refractivity contribution is 6.03. The standard InChI is InChI=1S/C19H20F3N3O2/c1-18(2)10-12(9-13(11-23)16(18)26)6-8-25(3)17(27)14-5-4-7-24-15(14)19(20,21)22/h4-5,7,9,12H,6,8,10H2,1-3H3/t12-/m1/s1. The van der Waals surface area contributed by atoms with Crippen LogP contribution in [0.3, 0.4) is 0 Å². The number of amides is 1. The van der Waals surface area contributed by atoms with Crippen LogP contribution in [0, 0.1) is 22.7 Å². The SMILES string of the molecule is CN(CC[C@@H]1C=C(C#N)C(=O)C(C)(C)C1)C(=O)c1cccnc1C(F)(F)F. The van der Waals surface area contributed by atoms with E-state index in [0.29, 0.717) is 12.8 Å². The van der Waals surface area contributed by atoms with Crippen LogP contribution in [0.1, 0.15) is 42.7 Å². The Kier molecular flexibility index (Phi) is 5.73. The third-order valence-corrected chi connectivity index (χ3v) is 4.64. The smallest absolute Gasteiger partial charge is 0.342 e. The molecule has 1 amide bonds. The molecule has 5 nitrogen and oxygen atoms in total. The first kappa shape index (κ1) is 20.6. The predicted molar refractivity (Wildman–Crippen MR) is 91.4 cm³/mol. The minimum atomic E-state index is -4.72. The average molecular weight is 379 g/mol. The Labute approximate surface area is 155 Å². The summed E-state index contributed by atoms with van der Waals surface area (Å²) in [5.41, 5.74) is -2.30. The normalized spacial score (nSPS) is 19.2. The molecule has 0 fully saturated rings. The molecule has 144 valence electrons. The van der Waals surface area contributed by atoms with Crippen molar-refractivity contribution in [2.45, 2.75) is 32.9 Å². The molecule has 1 aromatic heterocycles. The van der Waals surface area contributed by atoms with E-state index in [1.165, 1.54) is 18.0 Å². The number of pyridine rings is 1. The lowest BCUT2D eigenvalue weighted by atomic mass is 9.71. The first-order valence-electron chi connectivity index (χ1n) is 8.42. The second kappa shape index (κ2) is 7.51. The molecule has 0 bridgehead atoms. The maximum Gasteiger partial charge on any atom is 0.434 e. The molecule has 0 unspecified atom stereocenters. The van der Waals surface area contributed by atoms with Crippen LogP contribution in [-0.4, -0.2) is 35.2 Å². The van der Waals surface area contributed by atoms with Gasteiger partial charge in [0, 0.05) is 25.2 Å². The Morgan fingerprint density at radius 1 is 1.44 bits per heavy atom. The molecule has 0 aliphatic heterocycles. The predicted octanol–water partition coefficient (Wildman–Crippen LogP) is 3.63.